The minimum absolute atomic E-state index is 0.110. The minimum atomic E-state index is -0.479. The van der Waals surface area contributed by atoms with Crippen LogP contribution < -0.4 is 5.32 Å². The zero-order valence-electron chi connectivity index (χ0n) is 10.5. The van der Waals surface area contributed by atoms with Crippen LogP contribution in [0.4, 0.5) is 4.39 Å². The number of amides is 1. The number of piperidine rings is 3. The van der Waals surface area contributed by atoms with Gasteiger partial charge in [-0.25, -0.2) is 4.39 Å². The van der Waals surface area contributed by atoms with Gasteiger partial charge in [-0.1, -0.05) is 6.07 Å². The van der Waals surface area contributed by atoms with E-state index in [1.807, 2.05) is 0 Å². The van der Waals surface area contributed by atoms with Crippen LogP contribution >= 0.6 is 15.9 Å². The molecule has 0 saturated carbocycles. The van der Waals surface area contributed by atoms with Crippen LogP contribution in [0, 0.1) is 11.7 Å². The molecular formula is C14H16BrFN2O. The van der Waals surface area contributed by atoms with Gasteiger partial charge in [0, 0.05) is 17.1 Å². The molecule has 3 saturated heterocycles. The van der Waals surface area contributed by atoms with E-state index in [-0.39, 0.29) is 17.5 Å². The van der Waals surface area contributed by atoms with Gasteiger partial charge >= 0.3 is 0 Å². The number of carbonyl (C=O) groups is 1. The molecule has 3 fully saturated rings. The van der Waals surface area contributed by atoms with Gasteiger partial charge in [-0.3, -0.25) is 4.79 Å². The predicted molar refractivity (Wildman–Crippen MR) is 74.5 cm³/mol. The monoisotopic (exact) mass is 326 g/mol. The summed E-state index contributed by atoms with van der Waals surface area (Å²) in [5, 5.41) is 3.00. The second-order valence-corrected chi connectivity index (χ2v) is 6.17. The van der Waals surface area contributed by atoms with Crippen molar-refractivity contribution in [2.45, 2.75) is 18.9 Å². The third-order valence-corrected chi connectivity index (χ3v) is 4.82. The number of carbonyl (C=O) groups excluding carboxylic acids is 1. The normalized spacial score (nSPS) is 29.3. The van der Waals surface area contributed by atoms with Crippen LogP contribution in [-0.4, -0.2) is 36.5 Å². The number of fused-ring (bicyclic) bond motifs is 3. The lowest BCUT2D eigenvalue weighted by Gasteiger charge is -2.44. The molecule has 0 radical (unpaired) electrons. The molecule has 2 bridgehead atoms. The number of hydrogen-bond donors (Lipinski definition) is 1. The number of benzene rings is 1. The SMILES string of the molecule is O=C(NC1CN2CCC1CC2)c1c(F)cccc1Br. The maximum Gasteiger partial charge on any atom is 0.255 e. The van der Waals surface area contributed by atoms with Crippen molar-refractivity contribution in [2.24, 2.45) is 5.92 Å². The van der Waals surface area contributed by atoms with Crippen molar-refractivity contribution in [3.05, 3.63) is 34.1 Å². The Balaban J connectivity index is 1.75. The molecule has 0 spiro atoms. The fourth-order valence-corrected chi connectivity index (χ4v) is 3.61. The molecule has 102 valence electrons. The lowest BCUT2D eigenvalue weighted by Crippen LogP contribution is -2.57. The molecule has 1 aromatic rings. The van der Waals surface area contributed by atoms with E-state index in [4.69, 9.17) is 0 Å². The van der Waals surface area contributed by atoms with Crippen molar-refractivity contribution >= 4 is 21.8 Å². The maximum atomic E-state index is 13.7. The number of hydrogen-bond acceptors (Lipinski definition) is 2. The molecule has 0 aromatic heterocycles. The van der Waals surface area contributed by atoms with Crippen LogP contribution in [0.2, 0.25) is 0 Å². The van der Waals surface area contributed by atoms with Crippen molar-refractivity contribution in [1.82, 2.24) is 10.2 Å². The third-order valence-electron chi connectivity index (χ3n) is 4.16. The van der Waals surface area contributed by atoms with Crippen molar-refractivity contribution in [3.63, 3.8) is 0 Å². The minimum Gasteiger partial charge on any atom is -0.348 e. The van der Waals surface area contributed by atoms with E-state index in [0.717, 1.165) is 32.5 Å². The second-order valence-electron chi connectivity index (χ2n) is 5.31. The highest BCUT2D eigenvalue weighted by atomic mass is 79.9. The summed E-state index contributed by atoms with van der Waals surface area (Å²) in [5.74, 6) is -0.253. The van der Waals surface area contributed by atoms with Crippen LogP contribution in [0.3, 0.4) is 0 Å². The van der Waals surface area contributed by atoms with Crippen LogP contribution in [0.5, 0.6) is 0 Å². The van der Waals surface area contributed by atoms with E-state index in [9.17, 15) is 9.18 Å². The highest BCUT2D eigenvalue weighted by Gasteiger charge is 2.35. The lowest BCUT2D eigenvalue weighted by molar-refractivity contribution is 0.0618. The number of nitrogens with zero attached hydrogens (tertiary/aromatic N) is 1. The Kier molecular flexibility index (Phi) is 3.58. The van der Waals surface area contributed by atoms with E-state index < -0.39 is 5.82 Å². The predicted octanol–water partition coefficient (Wildman–Crippen LogP) is 2.41. The molecule has 3 aliphatic rings. The molecule has 3 aliphatic heterocycles. The molecule has 3 heterocycles. The first kappa shape index (κ1) is 13.1. The van der Waals surface area contributed by atoms with Crippen molar-refractivity contribution in [1.29, 1.82) is 0 Å². The summed E-state index contributed by atoms with van der Waals surface area (Å²) in [6.45, 7) is 3.14. The molecule has 1 aromatic carbocycles. The number of nitrogens with one attached hydrogen (secondary N) is 1. The zero-order chi connectivity index (χ0) is 13.4. The summed E-state index contributed by atoms with van der Waals surface area (Å²) in [6, 6.07) is 4.75. The van der Waals surface area contributed by atoms with Gasteiger partial charge in [-0.15, -0.1) is 0 Å². The Hall–Kier alpha value is -0.940. The zero-order valence-corrected chi connectivity index (χ0v) is 12.1. The van der Waals surface area contributed by atoms with Gasteiger partial charge in [0.15, 0.2) is 0 Å². The van der Waals surface area contributed by atoms with E-state index in [0.29, 0.717) is 10.4 Å². The Labute approximate surface area is 120 Å². The number of rotatable bonds is 2. The lowest BCUT2D eigenvalue weighted by atomic mass is 9.84. The highest BCUT2D eigenvalue weighted by Crippen LogP contribution is 2.28. The Morgan fingerprint density at radius 1 is 1.37 bits per heavy atom. The van der Waals surface area contributed by atoms with Crippen LogP contribution in [0.25, 0.3) is 0 Å². The summed E-state index contributed by atoms with van der Waals surface area (Å²) >= 11 is 3.24. The Morgan fingerprint density at radius 2 is 2.11 bits per heavy atom. The molecule has 0 aliphatic carbocycles. The smallest absolute Gasteiger partial charge is 0.255 e. The first-order valence-corrected chi connectivity index (χ1v) is 7.41. The molecule has 4 rings (SSSR count). The summed E-state index contributed by atoms with van der Waals surface area (Å²) < 4.78 is 14.2. The van der Waals surface area contributed by atoms with Crippen LogP contribution in [0.1, 0.15) is 23.2 Å². The molecule has 1 atom stereocenters. The molecular weight excluding hydrogens is 311 g/mol. The second kappa shape index (κ2) is 5.21. The van der Waals surface area contributed by atoms with Crippen LogP contribution in [0.15, 0.2) is 22.7 Å². The largest absolute Gasteiger partial charge is 0.348 e. The van der Waals surface area contributed by atoms with E-state index >= 15 is 0 Å². The van der Waals surface area contributed by atoms with Gasteiger partial charge in [0.1, 0.15) is 5.82 Å². The fourth-order valence-electron chi connectivity index (χ4n) is 3.08. The Morgan fingerprint density at radius 3 is 2.68 bits per heavy atom. The summed E-state index contributed by atoms with van der Waals surface area (Å²) in [5.41, 5.74) is 0.110. The fraction of sp³-hybridized carbons (Fsp3) is 0.500. The van der Waals surface area contributed by atoms with Crippen molar-refractivity contribution in [2.75, 3.05) is 19.6 Å². The standard InChI is InChI=1S/C14H16BrFN2O/c15-10-2-1-3-11(16)13(10)14(19)17-12-8-18-6-4-9(12)5-7-18/h1-3,9,12H,4-8H2,(H,17,19). The first-order valence-electron chi connectivity index (χ1n) is 6.62. The van der Waals surface area contributed by atoms with Gasteiger partial charge < -0.3 is 10.2 Å². The molecule has 1 unspecified atom stereocenters. The summed E-state index contributed by atoms with van der Waals surface area (Å²) in [4.78, 5) is 14.6. The average Bonchev–Trinajstić information content (AvgIpc) is 2.40. The van der Waals surface area contributed by atoms with E-state index in [1.54, 1.807) is 12.1 Å². The van der Waals surface area contributed by atoms with Gasteiger partial charge in [0.25, 0.3) is 5.91 Å². The summed E-state index contributed by atoms with van der Waals surface area (Å²) in [6.07, 6.45) is 2.26. The van der Waals surface area contributed by atoms with Gasteiger partial charge in [-0.05, 0) is 59.9 Å². The first-order chi connectivity index (χ1) is 9.15. The topological polar surface area (TPSA) is 32.3 Å². The van der Waals surface area contributed by atoms with E-state index in [1.165, 1.54) is 6.07 Å². The molecule has 1 N–H and O–H groups in total. The van der Waals surface area contributed by atoms with Crippen LogP contribution in [-0.2, 0) is 0 Å². The average molecular weight is 327 g/mol. The quantitative estimate of drug-likeness (QED) is 0.905. The van der Waals surface area contributed by atoms with Crippen molar-refractivity contribution in [3.8, 4) is 0 Å². The van der Waals surface area contributed by atoms with Gasteiger partial charge in [-0.2, -0.15) is 0 Å². The Bertz CT molecular complexity index is 480. The van der Waals surface area contributed by atoms with E-state index in [2.05, 4.69) is 26.1 Å². The van der Waals surface area contributed by atoms with Crippen molar-refractivity contribution < 1.29 is 9.18 Å². The molecule has 3 nitrogen and oxygen atoms in total. The third kappa shape index (κ3) is 2.54. The number of halogens is 2. The van der Waals surface area contributed by atoms with Gasteiger partial charge in [0.05, 0.1) is 5.56 Å². The van der Waals surface area contributed by atoms with Gasteiger partial charge in [0.2, 0.25) is 0 Å². The maximum absolute atomic E-state index is 13.7. The summed E-state index contributed by atoms with van der Waals surface area (Å²) in [7, 11) is 0. The molecule has 1 amide bonds. The highest BCUT2D eigenvalue weighted by molar-refractivity contribution is 9.10. The molecule has 19 heavy (non-hydrogen) atoms. The molecule has 5 heteroatoms.